The Morgan fingerprint density at radius 1 is 1.00 bits per heavy atom. The van der Waals surface area contributed by atoms with Crippen molar-refractivity contribution in [1.82, 2.24) is 9.80 Å². The lowest BCUT2D eigenvalue weighted by molar-refractivity contribution is 0.438. The Morgan fingerprint density at radius 2 is 1.29 bits per heavy atom. The van der Waals surface area contributed by atoms with E-state index in [9.17, 15) is 0 Å². The molecule has 0 atom stereocenters. The van der Waals surface area contributed by atoms with Crippen molar-refractivity contribution < 1.29 is 0 Å². The molecule has 2 nitrogen and oxygen atoms in total. The molecule has 0 rings (SSSR count). The molecule has 0 aromatic carbocycles. The summed E-state index contributed by atoms with van der Waals surface area (Å²) in [5.74, 6) is 0. The van der Waals surface area contributed by atoms with Gasteiger partial charge in [0.25, 0.3) is 0 Å². The van der Waals surface area contributed by atoms with Crippen molar-refractivity contribution >= 4 is 17.3 Å². The van der Waals surface area contributed by atoms with Crippen molar-refractivity contribution in [2.24, 2.45) is 0 Å². The highest BCUT2D eigenvalue weighted by molar-refractivity contribution is 7.80. The van der Waals surface area contributed by atoms with Crippen LogP contribution in [0.1, 0.15) is 13.8 Å². The summed E-state index contributed by atoms with van der Waals surface area (Å²) in [5.41, 5.74) is 2.22. The Labute approximate surface area is 92.9 Å². The molecule has 0 amide bonds. The summed E-state index contributed by atoms with van der Waals surface area (Å²) in [5, 5.41) is 0.830. The van der Waals surface area contributed by atoms with Crippen LogP contribution in [0, 0.1) is 0 Å². The van der Waals surface area contributed by atoms with Crippen LogP contribution < -0.4 is 0 Å². The van der Waals surface area contributed by atoms with Gasteiger partial charge in [0.15, 0.2) is 5.11 Å². The van der Waals surface area contributed by atoms with Gasteiger partial charge < -0.3 is 9.80 Å². The van der Waals surface area contributed by atoms with E-state index in [1.165, 1.54) is 0 Å². The van der Waals surface area contributed by atoms with Crippen LogP contribution in [-0.4, -0.2) is 42.1 Å². The molecule has 0 aliphatic rings. The fourth-order valence-corrected chi connectivity index (χ4v) is 1.37. The number of rotatable bonds is 4. The Hall–Kier alpha value is -0.830. The normalized spacial score (nSPS) is 9.43. The largest absolute Gasteiger partial charge is 0.348 e. The second kappa shape index (κ2) is 5.81. The van der Waals surface area contributed by atoms with Crippen molar-refractivity contribution in [3.8, 4) is 0 Å². The van der Waals surface area contributed by atoms with Crippen molar-refractivity contribution in [2.45, 2.75) is 13.8 Å². The predicted octanol–water partition coefficient (Wildman–Crippen LogP) is 2.29. The van der Waals surface area contributed by atoms with Gasteiger partial charge in [-0.3, -0.25) is 0 Å². The van der Waals surface area contributed by atoms with Gasteiger partial charge in [0.1, 0.15) is 0 Å². The fraction of sp³-hybridized carbons (Fsp3) is 0.545. The van der Waals surface area contributed by atoms with E-state index in [-0.39, 0.29) is 0 Å². The predicted molar refractivity (Wildman–Crippen MR) is 67.5 cm³/mol. The molecular weight excluding hydrogens is 192 g/mol. The summed E-state index contributed by atoms with van der Waals surface area (Å²) in [6.45, 7) is 13.3. The van der Waals surface area contributed by atoms with Gasteiger partial charge in [-0.2, -0.15) is 0 Å². The van der Waals surface area contributed by atoms with E-state index in [1.807, 2.05) is 37.7 Å². The quantitative estimate of drug-likeness (QED) is 0.521. The Bertz CT molecular complexity index is 222. The first-order valence-corrected chi connectivity index (χ1v) is 5.00. The summed E-state index contributed by atoms with van der Waals surface area (Å²) in [6.07, 6.45) is 0. The minimum atomic E-state index is 0.805. The lowest BCUT2D eigenvalue weighted by atomic mass is 10.3. The minimum absolute atomic E-state index is 0.805. The van der Waals surface area contributed by atoms with Crippen molar-refractivity contribution in [3.63, 3.8) is 0 Å². The lowest BCUT2D eigenvalue weighted by Gasteiger charge is -2.28. The third-order valence-corrected chi connectivity index (χ3v) is 2.29. The molecule has 0 unspecified atom stereocenters. The van der Waals surface area contributed by atoms with Gasteiger partial charge >= 0.3 is 0 Å². The monoisotopic (exact) mass is 212 g/mol. The van der Waals surface area contributed by atoms with Gasteiger partial charge in [-0.15, -0.1) is 0 Å². The number of nitrogens with zero attached hydrogens (tertiary/aromatic N) is 2. The molecule has 0 radical (unpaired) electrons. The summed E-state index contributed by atoms with van der Waals surface area (Å²) >= 11 is 5.31. The van der Waals surface area contributed by atoms with Crippen LogP contribution in [0.4, 0.5) is 0 Å². The molecule has 0 aliphatic carbocycles. The highest BCUT2D eigenvalue weighted by Crippen LogP contribution is 2.01. The van der Waals surface area contributed by atoms with Crippen LogP contribution in [0.5, 0.6) is 0 Å². The van der Waals surface area contributed by atoms with Crippen molar-refractivity contribution in [1.29, 1.82) is 0 Å². The first-order chi connectivity index (χ1) is 6.34. The van der Waals surface area contributed by atoms with Crippen molar-refractivity contribution in [2.75, 3.05) is 27.2 Å². The fourth-order valence-electron chi connectivity index (χ4n) is 1.24. The van der Waals surface area contributed by atoms with Crippen molar-refractivity contribution in [3.05, 3.63) is 24.3 Å². The van der Waals surface area contributed by atoms with E-state index in [1.54, 1.807) is 0 Å². The second-order valence-electron chi connectivity index (χ2n) is 3.91. The molecule has 3 heteroatoms. The molecule has 0 saturated heterocycles. The van der Waals surface area contributed by atoms with Crippen LogP contribution in [-0.2, 0) is 0 Å². The van der Waals surface area contributed by atoms with E-state index < -0.39 is 0 Å². The maximum Gasteiger partial charge on any atom is 0.171 e. The van der Waals surface area contributed by atoms with Gasteiger partial charge in [-0.25, -0.2) is 0 Å². The topological polar surface area (TPSA) is 6.48 Å². The maximum absolute atomic E-state index is 5.31. The third-order valence-electron chi connectivity index (χ3n) is 1.67. The number of thiocarbonyl (C=S) groups is 1. The second-order valence-corrected chi connectivity index (χ2v) is 4.27. The smallest absolute Gasteiger partial charge is 0.171 e. The molecule has 0 N–H and O–H groups in total. The van der Waals surface area contributed by atoms with E-state index in [2.05, 4.69) is 13.2 Å². The molecule has 0 bridgehead atoms. The summed E-state index contributed by atoms with van der Waals surface area (Å²) in [7, 11) is 3.96. The van der Waals surface area contributed by atoms with Gasteiger partial charge in [-0.05, 0) is 26.1 Å². The first kappa shape index (κ1) is 13.2. The highest BCUT2D eigenvalue weighted by atomic mass is 32.1. The summed E-state index contributed by atoms with van der Waals surface area (Å²) < 4.78 is 0. The van der Waals surface area contributed by atoms with Crippen LogP contribution in [0.25, 0.3) is 0 Å². The van der Waals surface area contributed by atoms with Crippen LogP contribution >= 0.6 is 12.2 Å². The van der Waals surface area contributed by atoms with Crippen LogP contribution in [0.3, 0.4) is 0 Å². The Morgan fingerprint density at radius 3 is 1.50 bits per heavy atom. The zero-order chi connectivity index (χ0) is 11.3. The van der Waals surface area contributed by atoms with E-state index >= 15 is 0 Å². The zero-order valence-corrected chi connectivity index (χ0v) is 10.4. The summed E-state index contributed by atoms with van der Waals surface area (Å²) in [4.78, 5) is 4.03. The average molecular weight is 212 g/mol. The van der Waals surface area contributed by atoms with Gasteiger partial charge in [-0.1, -0.05) is 24.3 Å². The van der Waals surface area contributed by atoms with E-state index in [0.29, 0.717) is 0 Å². The maximum atomic E-state index is 5.31. The summed E-state index contributed by atoms with van der Waals surface area (Å²) in [6, 6.07) is 0. The highest BCUT2D eigenvalue weighted by Gasteiger charge is 2.09. The zero-order valence-electron chi connectivity index (χ0n) is 9.63. The van der Waals surface area contributed by atoms with Gasteiger partial charge in [0, 0.05) is 27.2 Å². The van der Waals surface area contributed by atoms with E-state index in [0.717, 1.165) is 29.3 Å². The Kier molecular flexibility index (Phi) is 5.46. The molecule has 0 spiro atoms. The molecule has 0 aromatic heterocycles. The minimum Gasteiger partial charge on any atom is -0.348 e. The molecule has 0 saturated carbocycles. The SMILES string of the molecule is C=C(C)CN(C)C(=S)N(C)CC(=C)C. The van der Waals surface area contributed by atoms with Crippen LogP contribution in [0.2, 0.25) is 0 Å². The number of hydrogen-bond acceptors (Lipinski definition) is 1. The van der Waals surface area contributed by atoms with Gasteiger partial charge in [0.05, 0.1) is 0 Å². The average Bonchev–Trinajstić information content (AvgIpc) is 2.00. The first-order valence-electron chi connectivity index (χ1n) is 4.59. The lowest BCUT2D eigenvalue weighted by Crippen LogP contribution is -2.39. The molecule has 0 fully saturated rings. The molecule has 14 heavy (non-hydrogen) atoms. The molecule has 0 heterocycles. The molecule has 80 valence electrons. The molecule has 0 aliphatic heterocycles. The Balaban J connectivity index is 4.16. The molecular formula is C11H20N2S. The number of hydrogen-bond donors (Lipinski definition) is 0. The third kappa shape index (κ3) is 5.02. The molecule has 0 aromatic rings. The van der Waals surface area contributed by atoms with Gasteiger partial charge in [0.2, 0.25) is 0 Å². The van der Waals surface area contributed by atoms with Crippen LogP contribution in [0.15, 0.2) is 24.3 Å². The number of likely N-dealkylation sites (N-methyl/N-ethyl adjacent to an activating group) is 2. The van der Waals surface area contributed by atoms with E-state index in [4.69, 9.17) is 12.2 Å². The standard InChI is InChI=1S/C11H20N2S/c1-9(2)7-12(5)11(14)13(6)8-10(3)4/h1,3,7-8H2,2,4-6H3.